The normalized spacial score (nSPS) is 26.7. The molecule has 0 radical (unpaired) electrons. The van der Waals surface area contributed by atoms with Crippen LogP contribution in [0.25, 0.3) is 0 Å². The highest BCUT2D eigenvalue weighted by Crippen LogP contribution is 2.24. The molecule has 1 unspecified atom stereocenters. The molecule has 1 saturated heterocycles. The molecule has 0 aliphatic carbocycles. The van der Waals surface area contributed by atoms with E-state index in [0.717, 1.165) is 25.2 Å². The maximum absolute atomic E-state index is 9.99. The van der Waals surface area contributed by atoms with E-state index in [1.807, 2.05) is 26.1 Å². The number of rotatable bonds is 1. The minimum absolute atomic E-state index is 0.565. The molecule has 1 atom stereocenters. The highest BCUT2D eigenvalue weighted by molar-refractivity contribution is 5.40. The summed E-state index contributed by atoms with van der Waals surface area (Å²) in [5.74, 6) is 0.973. The van der Waals surface area contributed by atoms with Crippen LogP contribution in [0.3, 0.4) is 0 Å². The van der Waals surface area contributed by atoms with Crippen LogP contribution in [0.5, 0.6) is 0 Å². The summed E-state index contributed by atoms with van der Waals surface area (Å²) in [5.41, 5.74) is 0.604. The van der Waals surface area contributed by atoms with Crippen LogP contribution in [0.15, 0.2) is 18.3 Å². The van der Waals surface area contributed by atoms with Crippen LogP contribution < -0.4 is 4.90 Å². The number of β-amino-alcohol motifs (C(OH)–C–C–N with tert-alkyl or cyclic N) is 1. The molecule has 1 aliphatic heterocycles. The number of hydrogen-bond donors (Lipinski definition) is 1. The number of aliphatic hydroxyl groups is 1. The van der Waals surface area contributed by atoms with E-state index < -0.39 is 5.60 Å². The van der Waals surface area contributed by atoms with E-state index in [9.17, 15) is 5.11 Å². The smallest absolute Gasteiger partial charge is 0.128 e. The third-order valence-corrected chi connectivity index (χ3v) is 2.89. The second-order valence-electron chi connectivity index (χ2n) is 4.72. The molecule has 0 bridgehead atoms. The zero-order valence-corrected chi connectivity index (χ0v) is 9.40. The Morgan fingerprint density at radius 3 is 2.87 bits per heavy atom. The summed E-state index contributed by atoms with van der Waals surface area (Å²) in [5, 5.41) is 9.99. The van der Waals surface area contributed by atoms with E-state index in [1.165, 1.54) is 5.56 Å². The largest absolute Gasteiger partial charge is 0.388 e. The molecule has 1 aliphatic rings. The van der Waals surface area contributed by atoms with E-state index in [0.29, 0.717) is 6.54 Å². The van der Waals surface area contributed by atoms with Crippen molar-refractivity contribution in [3.8, 4) is 0 Å². The summed E-state index contributed by atoms with van der Waals surface area (Å²) >= 11 is 0. The molecule has 82 valence electrons. The van der Waals surface area contributed by atoms with E-state index in [1.54, 1.807) is 0 Å². The summed E-state index contributed by atoms with van der Waals surface area (Å²) in [7, 11) is 0. The van der Waals surface area contributed by atoms with Gasteiger partial charge in [0.05, 0.1) is 5.60 Å². The average molecular weight is 206 g/mol. The Kier molecular flexibility index (Phi) is 2.65. The van der Waals surface area contributed by atoms with Crippen LogP contribution in [0.1, 0.15) is 25.3 Å². The molecule has 15 heavy (non-hydrogen) atoms. The van der Waals surface area contributed by atoms with E-state index in [-0.39, 0.29) is 0 Å². The van der Waals surface area contributed by atoms with Gasteiger partial charge in [-0.1, -0.05) is 6.07 Å². The number of nitrogens with zero attached hydrogens (tertiary/aromatic N) is 2. The summed E-state index contributed by atoms with van der Waals surface area (Å²) < 4.78 is 0. The van der Waals surface area contributed by atoms with Gasteiger partial charge >= 0.3 is 0 Å². The van der Waals surface area contributed by atoms with Gasteiger partial charge in [-0.05, 0) is 38.3 Å². The molecule has 0 spiro atoms. The molecule has 0 saturated carbocycles. The van der Waals surface area contributed by atoms with Gasteiger partial charge in [0, 0.05) is 19.3 Å². The van der Waals surface area contributed by atoms with Crippen LogP contribution in [-0.4, -0.2) is 28.8 Å². The molecule has 1 aromatic rings. The third kappa shape index (κ3) is 2.48. The Morgan fingerprint density at radius 1 is 1.47 bits per heavy atom. The number of hydrogen-bond acceptors (Lipinski definition) is 3. The first-order chi connectivity index (χ1) is 7.07. The third-order valence-electron chi connectivity index (χ3n) is 2.89. The Hall–Kier alpha value is -1.09. The van der Waals surface area contributed by atoms with Gasteiger partial charge < -0.3 is 10.0 Å². The van der Waals surface area contributed by atoms with E-state index >= 15 is 0 Å². The zero-order valence-electron chi connectivity index (χ0n) is 9.40. The lowest BCUT2D eigenvalue weighted by molar-refractivity contribution is 0.0447. The lowest BCUT2D eigenvalue weighted by Gasteiger charge is -2.37. The number of piperidine rings is 1. The van der Waals surface area contributed by atoms with Crippen molar-refractivity contribution in [1.29, 1.82) is 0 Å². The second-order valence-corrected chi connectivity index (χ2v) is 4.72. The number of aryl methyl sites for hydroxylation is 1. The molecular formula is C12H18N2O. The fourth-order valence-corrected chi connectivity index (χ4v) is 2.06. The topological polar surface area (TPSA) is 36.4 Å². The summed E-state index contributed by atoms with van der Waals surface area (Å²) in [6, 6.07) is 4.09. The average Bonchev–Trinajstić information content (AvgIpc) is 2.17. The quantitative estimate of drug-likeness (QED) is 0.760. The van der Waals surface area contributed by atoms with Crippen molar-refractivity contribution in [1.82, 2.24) is 4.98 Å². The predicted octanol–water partition coefficient (Wildman–Crippen LogP) is 1.74. The molecule has 3 nitrogen and oxygen atoms in total. The minimum Gasteiger partial charge on any atom is -0.388 e. The molecule has 1 N–H and O–H groups in total. The van der Waals surface area contributed by atoms with Crippen LogP contribution in [0.4, 0.5) is 5.82 Å². The van der Waals surface area contributed by atoms with E-state index in [4.69, 9.17) is 0 Å². The van der Waals surface area contributed by atoms with Gasteiger partial charge in [-0.2, -0.15) is 0 Å². The van der Waals surface area contributed by atoms with Crippen molar-refractivity contribution in [3.63, 3.8) is 0 Å². The Labute approximate surface area is 90.8 Å². The standard InChI is InChI=1S/C12H18N2O/c1-10-4-5-11(13-8-10)14-7-3-6-12(2,15)9-14/h4-5,8,15H,3,6-7,9H2,1-2H3. The first-order valence-corrected chi connectivity index (χ1v) is 5.47. The maximum Gasteiger partial charge on any atom is 0.128 e. The summed E-state index contributed by atoms with van der Waals surface area (Å²) in [6.07, 6.45) is 3.79. The van der Waals surface area contributed by atoms with Crippen LogP contribution >= 0.6 is 0 Å². The molecule has 3 heteroatoms. The highest BCUT2D eigenvalue weighted by atomic mass is 16.3. The monoisotopic (exact) mass is 206 g/mol. The molecule has 0 amide bonds. The van der Waals surface area contributed by atoms with Gasteiger partial charge in [0.25, 0.3) is 0 Å². The summed E-state index contributed by atoms with van der Waals surface area (Å²) in [4.78, 5) is 6.54. The van der Waals surface area contributed by atoms with Crippen molar-refractivity contribution in [2.24, 2.45) is 0 Å². The Bertz CT molecular complexity index is 332. The lowest BCUT2D eigenvalue weighted by Crippen LogP contribution is -2.46. The number of aromatic nitrogens is 1. The Morgan fingerprint density at radius 2 is 2.27 bits per heavy atom. The number of pyridine rings is 1. The molecule has 1 fully saturated rings. The Balaban J connectivity index is 2.13. The SMILES string of the molecule is Cc1ccc(N2CCCC(C)(O)C2)nc1. The second kappa shape index (κ2) is 3.81. The van der Waals surface area contributed by atoms with Gasteiger partial charge in [0.1, 0.15) is 5.82 Å². The van der Waals surface area contributed by atoms with Crippen LogP contribution in [-0.2, 0) is 0 Å². The zero-order chi connectivity index (χ0) is 10.9. The van der Waals surface area contributed by atoms with E-state index in [2.05, 4.69) is 16.0 Å². The van der Waals surface area contributed by atoms with Gasteiger partial charge in [0.2, 0.25) is 0 Å². The minimum atomic E-state index is -0.565. The first kappa shape index (κ1) is 10.4. The van der Waals surface area contributed by atoms with Gasteiger partial charge in [-0.3, -0.25) is 0 Å². The summed E-state index contributed by atoms with van der Waals surface area (Å²) in [6.45, 7) is 5.60. The van der Waals surface area contributed by atoms with Gasteiger partial charge in [-0.15, -0.1) is 0 Å². The maximum atomic E-state index is 9.99. The fourth-order valence-electron chi connectivity index (χ4n) is 2.06. The first-order valence-electron chi connectivity index (χ1n) is 5.47. The molecular weight excluding hydrogens is 188 g/mol. The van der Waals surface area contributed by atoms with Crippen LogP contribution in [0, 0.1) is 6.92 Å². The lowest BCUT2D eigenvalue weighted by atomic mass is 9.95. The van der Waals surface area contributed by atoms with Gasteiger partial charge in [-0.25, -0.2) is 4.98 Å². The van der Waals surface area contributed by atoms with Crippen molar-refractivity contribution < 1.29 is 5.11 Å². The molecule has 0 aromatic carbocycles. The molecule has 2 heterocycles. The fraction of sp³-hybridized carbons (Fsp3) is 0.583. The highest BCUT2D eigenvalue weighted by Gasteiger charge is 2.28. The number of anilines is 1. The molecule has 2 rings (SSSR count). The predicted molar refractivity (Wildman–Crippen MR) is 61.0 cm³/mol. The molecule has 1 aromatic heterocycles. The van der Waals surface area contributed by atoms with Crippen molar-refractivity contribution in [2.75, 3.05) is 18.0 Å². The van der Waals surface area contributed by atoms with Crippen molar-refractivity contribution in [2.45, 2.75) is 32.3 Å². The van der Waals surface area contributed by atoms with Crippen molar-refractivity contribution >= 4 is 5.82 Å². The van der Waals surface area contributed by atoms with Gasteiger partial charge in [0.15, 0.2) is 0 Å². The van der Waals surface area contributed by atoms with Crippen LogP contribution in [0.2, 0.25) is 0 Å². The van der Waals surface area contributed by atoms with Crippen molar-refractivity contribution in [3.05, 3.63) is 23.9 Å².